The maximum Gasteiger partial charge on any atom is 0.253 e. The van der Waals surface area contributed by atoms with Crippen LogP contribution in [0.2, 0.25) is 0 Å². The van der Waals surface area contributed by atoms with Crippen LogP contribution in [-0.4, -0.2) is 35.5 Å². The minimum atomic E-state index is -0.200. The number of fused-ring (bicyclic) bond motifs is 2. The zero-order valence-electron chi connectivity index (χ0n) is 12.3. The number of carbonyl (C=O) groups excluding carboxylic acids is 1. The summed E-state index contributed by atoms with van der Waals surface area (Å²) in [6.07, 6.45) is 1.60. The largest absolute Gasteiger partial charge is 0.345 e. The van der Waals surface area contributed by atoms with Crippen LogP contribution in [0.3, 0.4) is 0 Å². The molecular formula is C15H13N7O. The molecule has 0 spiro atoms. The molecule has 1 aromatic carbocycles. The van der Waals surface area contributed by atoms with E-state index in [2.05, 4.69) is 25.8 Å². The molecule has 114 valence electrons. The van der Waals surface area contributed by atoms with Gasteiger partial charge in [0.05, 0.1) is 23.1 Å². The van der Waals surface area contributed by atoms with Gasteiger partial charge in [-0.05, 0) is 34.7 Å². The highest BCUT2D eigenvalue weighted by Gasteiger charge is 2.11. The summed E-state index contributed by atoms with van der Waals surface area (Å²) in [6.45, 7) is 0.345. The first-order valence-corrected chi connectivity index (χ1v) is 7.08. The number of aryl methyl sites for hydroxylation is 1. The molecule has 0 atom stereocenters. The summed E-state index contributed by atoms with van der Waals surface area (Å²) in [4.78, 5) is 16.8. The fourth-order valence-corrected chi connectivity index (χ4v) is 2.49. The van der Waals surface area contributed by atoms with Crippen LogP contribution in [0.25, 0.3) is 16.7 Å². The minimum absolute atomic E-state index is 0.200. The predicted molar refractivity (Wildman–Crippen MR) is 82.7 cm³/mol. The lowest BCUT2D eigenvalue weighted by Gasteiger charge is -2.05. The molecule has 0 aliphatic rings. The summed E-state index contributed by atoms with van der Waals surface area (Å²) in [5, 5.41) is 14.0. The number of imidazole rings is 1. The van der Waals surface area contributed by atoms with Gasteiger partial charge in [0.25, 0.3) is 5.91 Å². The van der Waals surface area contributed by atoms with Crippen molar-refractivity contribution in [3.63, 3.8) is 0 Å². The fourth-order valence-electron chi connectivity index (χ4n) is 2.49. The van der Waals surface area contributed by atoms with Crippen molar-refractivity contribution in [3.8, 4) is 0 Å². The van der Waals surface area contributed by atoms with Crippen molar-refractivity contribution in [2.45, 2.75) is 6.54 Å². The molecule has 1 amide bonds. The summed E-state index contributed by atoms with van der Waals surface area (Å²) in [6, 6.07) is 11.2. The Morgan fingerprint density at radius 1 is 1.22 bits per heavy atom. The van der Waals surface area contributed by atoms with Crippen molar-refractivity contribution in [3.05, 3.63) is 54.0 Å². The van der Waals surface area contributed by atoms with E-state index >= 15 is 0 Å². The molecule has 0 aliphatic heterocycles. The Kier molecular flexibility index (Phi) is 3.00. The van der Waals surface area contributed by atoms with E-state index in [0.29, 0.717) is 17.8 Å². The average Bonchev–Trinajstić information content (AvgIpc) is 3.17. The molecule has 4 rings (SSSR count). The van der Waals surface area contributed by atoms with E-state index in [-0.39, 0.29) is 5.91 Å². The monoisotopic (exact) mass is 307 g/mol. The molecule has 0 fully saturated rings. The molecule has 0 aliphatic carbocycles. The maximum absolute atomic E-state index is 12.3. The van der Waals surface area contributed by atoms with Crippen LogP contribution in [0, 0.1) is 0 Å². The first-order chi connectivity index (χ1) is 11.2. The Bertz CT molecular complexity index is 1020. The summed E-state index contributed by atoms with van der Waals surface area (Å²) >= 11 is 0. The Morgan fingerprint density at radius 2 is 2.09 bits per heavy atom. The molecule has 4 aromatic rings. The van der Waals surface area contributed by atoms with Crippen LogP contribution in [-0.2, 0) is 13.6 Å². The van der Waals surface area contributed by atoms with Gasteiger partial charge < -0.3 is 9.88 Å². The lowest BCUT2D eigenvalue weighted by molar-refractivity contribution is 0.0949. The highest BCUT2D eigenvalue weighted by Crippen LogP contribution is 2.14. The van der Waals surface area contributed by atoms with Crippen LogP contribution in [0.5, 0.6) is 0 Å². The van der Waals surface area contributed by atoms with Gasteiger partial charge in [0, 0.05) is 13.2 Å². The second kappa shape index (κ2) is 5.16. The van der Waals surface area contributed by atoms with Gasteiger partial charge in [0.15, 0.2) is 5.65 Å². The van der Waals surface area contributed by atoms with Crippen molar-refractivity contribution in [2.24, 2.45) is 7.05 Å². The van der Waals surface area contributed by atoms with Gasteiger partial charge in [-0.3, -0.25) is 4.79 Å². The first-order valence-electron chi connectivity index (χ1n) is 7.08. The van der Waals surface area contributed by atoms with Gasteiger partial charge in [-0.25, -0.2) is 4.98 Å². The number of amides is 1. The Labute approximate surface area is 130 Å². The first kappa shape index (κ1) is 13.4. The third-order valence-corrected chi connectivity index (χ3v) is 3.74. The second-order valence-corrected chi connectivity index (χ2v) is 5.16. The van der Waals surface area contributed by atoms with Crippen LogP contribution in [0.15, 0.2) is 42.6 Å². The number of hydrogen-bond donors (Lipinski definition) is 1. The third kappa shape index (κ3) is 2.30. The minimum Gasteiger partial charge on any atom is -0.345 e. The summed E-state index contributed by atoms with van der Waals surface area (Å²) < 4.78 is 3.43. The van der Waals surface area contributed by atoms with Gasteiger partial charge >= 0.3 is 0 Å². The van der Waals surface area contributed by atoms with E-state index in [4.69, 9.17) is 0 Å². The predicted octanol–water partition coefficient (Wildman–Crippen LogP) is 0.941. The highest BCUT2D eigenvalue weighted by atomic mass is 16.1. The number of benzene rings is 1. The van der Waals surface area contributed by atoms with Crippen molar-refractivity contribution in [2.75, 3.05) is 0 Å². The number of para-hydroxylation sites is 2. The fraction of sp³-hybridized carbons (Fsp3) is 0.133. The number of hydrogen-bond acceptors (Lipinski definition) is 5. The smallest absolute Gasteiger partial charge is 0.253 e. The molecule has 0 unspecified atom stereocenters. The molecule has 0 saturated heterocycles. The molecular weight excluding hydrogens is 294 g/mol. The number of pyridine rings is 1. The number of nitrogens with zero attached hydrogens (tertiary/aromatic N) is 6. The van der Waals surface area contributed by atoms with E-state index in [1.807, 2.05) is 35.9 Å². The number of tetrazole rings is 1. The van der Waals surface area contributed by atoms with Gasteiger partial charge in [-0.1, -0.05) is 12.1 Å². The van der Waals surface area contributed by atoms with Crippen LogP contribution in [0.4, 0.5) is 0 Å². The molecule has 3 aromatic heterocycles. The number of rotatable bonds is 3. The van der Waals surface area contributed by atoms with Crippen molar-refractivity contribution in [1.82, 2.24) is 34.9 Å². The quantitative estimate of drug-likeness (QED) is 0.608. The van der Waals surface area contributed by atoms with Crippen LogP contribution in [0.1, 0.15) is 16.2 Å². The lowest BCUT2D eigenvalue weighted by Crippen LogP contribution is -2.24. The topological polar surface area (TPSA) is 90.0 Å². The van der Waals surface area contributed by atoms with Gasteiger partial charge in [0.1, 0.15) is 5.82 Å². The third-order valence-electron chi connectivity index (χ3n) is 3.74. The van der Waals surface area contributed by atoms with E-state index < -0.39 is 0 Å². The number of aromatic nitrogens is 6. The summed E-state index contributed by atoms with van der Waals surface area (Å²) in [5.74, 6) is 0.595. The van der Waals surface area contributed by atoms with E-state index in [1.54, 1.807) is 18.3 Å². The molecule has 0 saturated carbocycles. The van der Waals surface area contributed by atoms with E-state index in [1.165, 1.54) is 4.52 Å². The van der Waals surface area contributed by atoms with E-state index in [0.717, 1.165) is 16.9 Å². The maximum atomic E-state index is 12.3. The number of nitrogens with one attached hydrogen (secondary N) is 1. The summed E-state index contributed by atoms with van der Waals surface area (Å²) in [7, 11) is 1.93. The summed E-state index contributed by atoms with van der Waals surface area (Å²) in [5.41, 5.74) is 3.03. The van der Waals surface area contributed by atoms with Crippen molar-refractivity contribution in [1.29, 1.82) is 0 Å². The van der Waals surface area contributed by atoms with Crippen molar-refractivity contribution >= 4 is 22.6 Å². The Balaban J connectivity index is 1.55. The highest BCUT2D eigenvalue weighted by molar-refractivity contribution is 5.94. The molecule has 23 heavy (non-hydrogen) atoms. The van der Waals surface area contributed by atoms with Gasteiger partial charge in [-0.2, -0.15) is 4.52 Å². The lowest BCUT2D eigenvalue weighted by atomic mass is 10.2. The molecule has 0 bridgehead atoms. The standard InChI is InChI=1S/C15H13N7O/c1-21-12-5-3-2-4-11(12)17-14(21)8-16-15(23)10-6-7-13-18-19-20-22(13)9-10/h2-7,9H,8H2,1H3,(H,16,23). The van der Waals surface area contributed by atoms with Crippen LogP contribution < -0.4 is 5.32 Å². The normalized spacial score (nSPS) is 11.2. The average molecular weight is 307 g/mol. The molecule has 1 N–H and O–H groups in total. The van der Waals surface area contributed by atoms with Crippen molar-refractivity contribution < 1.29 is 4.79 Å². The van der Waals surface area contributed by atoms with Crippen LogP contribution >= 0.6 is 0 Å². The van der Waals surface area contributed by atoms with Gasteiger partial charge in [0.2, 0.25) is 0 Å². The molecule has 8 nitrogen and oxygen atoms in total. The zero-order chi connectivity index (χ0) is 15.8. The molecule has 8 heteroatoms. The molecule has 3 heterocycles. The molecule has 0 radical (unpaired) electrons. The Morgan fingerprint density at radius 3 is 2.96 bits per heavy atom. The van der Waals surface area contributed by atoms with Gasteiger partial charge in [-0.15, -0.1) is 5.10 Å². The number of carbonyl (C=O) groups is 1. The SMILES string of the molecule is Cn1c(CNC(=O)c2ccc3nnnn3c2)nc2ccccc21. The Hall–Kier alpha value is -3.29. The zero-order valence-corrected chi connectivity index (χ0v) is 12.3. The second-order valence-electron chi connectivity index (χ2n) is 5.16. The van der Waals surface area contributed by atoms with E-state index in [9.17, 15) is 4.79 Å².